The highest BCUT2D eigenvalue weighted by atomic mass is 16.5. The number of nitrogens with one attached hydrogen (secondary N) is 2. The van der Waals surface area contributed by atoms with Crippen molar-refractivity contribution in [1.82, 2.24) is 10.6 Å². The van der Waals surface area contributed by atoms with Crippen molar-refractivity contribution in [3.8, 4) is 0 Å². The first-order chi connectivity index (χ1) is 6.81. The molecule has 5 nitrogen and oxygen atoms in total. The molecule has 0 bridgehead atoms. The van der Waals surface area contributed by atoms with E-state index < -0.39 is 0 Å². The van der Waals surface area contributed by atoms with Crippen molar-refractivity contribution in [3.63, 3.8) is 0 Å². The smallest absolute Gasteiger partial charge is 0.406 e. The Morgan fingerprint density at radius 1 is 1.21 bits per heavy atom. The minimum Gasteiger partial charge on any atom is -0.453 e. The first-order valence-corrected chi connectivity index (χ1v) is 4.80. The number of unbranched alkanes of at least 4 members (excludes halogenated alkanes) is 3. The average Bonchev–Trinajstić information content (AvgIpc) is 2.21. The van der Waals surface area contributed by atoms with Crippen molar-refractivity contribution in [2.75, 3.05) is 20.2 Å². The minimum atomic E-state index is -0.382. The Balaban J connectivity index is 2.98. The summed E-state index contributed by atoms with van der Waals surface area (Å²) in [6.07, 6.45) is 4.35. The van der Waals surface area contributed by atoms with Gasteiger partial charge in [-0.25, -0.2) is 4.79 Å². The molecule has 82 valence electrons. The van der Waals surface area contributed by atoms with Crippen LogP contribution in [-0.2, 0) is 9.53 Å². The molecule has 14 heavy (non-hydrogen) atoms. The van der Waals surface area contributed by atoms with Crippen LogP contribution in [-0.4, -0.2) is 32.7 Å². The maximum atomic E-state index is 10.6. The summed E-state index contributed by atoms with van der Waals surface area (Å²) in [6, 6.07) is 0. The number of amides is 2. The maximum absolute atomic E-state index is 10.6. The number of carbonyl (C=O) groups excluding carboxylic acids is 2. The number of rotatable bonds is 8. The molecule has 0 saturated heterocycles. The molecule has 0 aliphatic rings. The van der Waals surface area contributed by atoms with Crippen molar-refractivity contribution in [1.29, 1.82) is 0 Å². The molecule has 0 aromatic carbocycles. The van der Waals surface area contributed by atoms with Gasteiger partial charge >= 0.3 is 6.09 Å². The van der Waals surface area contributed by atoms with Crippen molar-refractivity contribution in [2.45, 2.75) is 25.7 Å². The number of carbonyl (C=O) groups is 2. The molecule has 0 heterocycles. The number of methoxy groups -OCH3 is 1. The summed E-state index contributed by atoms with van der Waals surface area (Å²) in [4.78, 5) is 20.5. The number of ether oxygens (including phenoxy) is 1. The highest BCUT2D eigenvalue weighted by Crippen LogP contribution is 1.97. The predicted molar refractivity (Wildman–Crippen MR) is 52.9 cm³/mol. The monoisotopic (exact) mass is 202 g/mol. The summed E-state index contributed by atoms with van der Waals surface area (Å²) in [6.45, 7) is 1.38. The van der Waals surface area contributed by atoms with Crippen molar-refractivity contribution in [2.24, 2.45) is 0 Å². The van der Waals surface area contributed by atoms with Crippen LogP contribution in [0.3, 0.4) is 0 Å². The molecular weight excluding hydrogens is 184 g/mol. The molecule has 0 aliphatic carbocycles. The molecule has 0 atom stereocenters. The molecule has 0 unspecified atom stereocenters. The molecule has 0 aliphatic heterocycles. The van der Waals surface area contributed by atoms with Gasteiger partial charge in [0.25, 0.3) is 0 Å². The highest BCUT2D eigenvalue weighted by molar-refractivity contribution is 5.66. The van der Waals surface area contributed by atoms with E-state index in [1.54, 1.807) is 0 Å². The van der Waals surface area contributed by atoms with Gasteiger partial charge in [-0.2, -0.15) is 0 Å². The lowest BCUT2D eigenvalue weighted by Gasteiger charge is -2.03. The van der Waals surface area contributed by atoms with Gasteiger partial charge in [0.2, 0.25) is 6.41 Å². The summed E-state index contributed by atoms with van der Waals surface area (Å²) in [5.41, 5.74) is 0. The van der Waals surface area contributed by atoms with Gasteiger partial charge in [-0.15, -0.1) is 0 Å². The van der Waals surface area contributed by atoms with Crippen LogP contribution in [0, 0.1) is 0 Å². The van der Waals surface area contributed by atoms with Gasteiger partial charge in [-0.05, 0) is 12.8 Å². The highest BCUT2D eigenvalue weighted by Gasteiger charge is 1.95. The van der Waals surface area contributed by atoms with E-state index in [1.807, 2.05) is 0 Å². The van der Waals surface area contributed by atoms with Crippen LogP contribution in [0.15, 0.2) is 0 Å². The van der Waals surface area contributed by atoms with Crippen LogP contribution >= 0.6 is 0 Å². The van der Waals surface area contributed by atoms with E-state index in [2.05, 4.69) is 15.4 Å². The fraction of sp³-hybridized carbons (Fsp3) is 0.778. The Hall–Kier alpha value is -1.26. The first kappa shape index (κ1) is 12.7. The molecule has 5 heteroatoms. The second-order valence-electron chi connectivity index (χ2n) is 2.90. The lowest BCUT2D eigenvalue weighted by Crippen LogP contribution is -2.23. The van der Waals surface area contributed by atoms with Gasteiger partial charge in [0.1, 0.15) is 0 Å². The Bertz CT molecular complexity index is 162. The molecule has 0 aromatic heterocycles. The third kappa shape index (κ3) is 8.83. The van der Waals surface area contributed by atoms with E-state index in [-0.39, 0.29) is 6.09 Å². The third-order valence-electron chi connectivity index (χ3n) is 1.79. The van der Waals surface area contributed by atoms with Crippen LogP contribution in [0.2, 0.25) is 0 Å². The van der Waals surface area contributed by atoms with E-state index in [1.165, 1.54) is 7.11 Å². The molecule has 2 amide bonds. The third-order valence-corrected chi connectivity index (χ3v) is 1.79. The normalized spacial score (nSPS) is 9.21. The summed E-state index contributed by atoms with van der Waals surface area (Å²) < 4.78 is 4.41. The first-order valence-electron chi connectivity index (χ1n) is 4.80. The van der Waals surface area contributed by atoms with Crippen LogP contribution < -0.4 is 10.6 Å². The summed E-state index contributed by atoms with van der Waals surface area (Å²) in [5.74, 6) is 0. The molecule has 0 radical (unpaired) electrons. The quantitative estimate of drug-likeness (QED) is 0.448. The molecule has 0 fully saturated rings. The molecule has 0 rings (SSSR count). The topological polar surface area (TPSA) is 67.4 Å². The second-order valence-corrected chi connectivity index (χ2v) is 2.90. The van der Waals surface area contributed by atoms with Gasteiger partial charge in [-0.1, -0.05) is 12.8 Å². The Labute approximate surface area is 84.2 Å². The van der Waals surface area contributed by atoms with E-state index in [9.17, 15) is 9.59 Å². The van der Waals surface area contributed by atoms with Gasteiger partial charge in [0.15, 0.2) is 0 Å². The molecule has 0 aromatic rings. The lowest BCUT2D eigenvalue weighted by molar-refractivity contribution is -0.109. The van der Waals surface area contributed by atoms with Gasteiger partial charge in [-0.3, -0.25) is 4.79 Å². The van der Waals surface area contributed by atoms with Crippen molar-refractivity contribution < 1.29 is 14.3 Å². The van der Waals surface area contributed by atoms with E-state index in [0.717, 1.165) is 32.2 Å². The molecule has 2 N–H and O–H groups in total. The largest absolute Gasteiger partial charge is 0.453 e. The fourth-order valence-corrected chi connectivity index (χ4v) is 1.03. The van der Waals surface area contributed by atoms with Crippen molar-refractivity contribution >= 4 is 12.5 Å². The molecule has 0 saturated carbocycles. The van der Waals surface area contributed by atoms with E-state index in [0.29, 0.717) is 13.0 Å². The summed E-state index contributed by atoms with van der Waals surface area (Å²) in [5, 5.41) is 5.20. The SMILES string of the molecule is COC(=O)NCCCCCCNC=O. The zero-order valence-electron chi connectivity index (χ0n) is 8.54. The second kappa shape index (κ2) is 9.83. The molecular formula is C9H18N2O3. The number of hydrogen-bond acceptors (Lipinski definition) is 3. The Morgan fingerprint density at radius 2 is 1.86 bits per heavy atom. The van der Waals surface area contributed by atoms with E-state index >= 15 is 0 Å². The van der Waals surface area contributed by atoms with Crippen LogP contribution in [0.25, 0.3) is 0 Å². The number of hydrogen-bond donors (Lipinski definition) is 2. The lowest BCUT2D eigenvalue weighted by atomic mass is 10.2. The van der Waals surface area contributed by atoms with Crippen LogP contribution in [0.5, 0.6) is 0 Å². The number of alkyl carbamates (subject to hydrolysis) is 1. The van der Waals surface area contributed by atoms with Gasteiger partial charge in [0.05, 0.1) is 7.11 Å². The van der Waals surface area contributed by atoms with Crippen LogP contribution in [0.4, 0.5) is 4.79 Å². The standard InChI is InChI=1S/C9H18N2O3/c1-14-9(13)11-7-5-3-2-4-6-10-8-12/h8H,2-7H2,1H3,(H,10,12)(H,11,13). The zero-order valence-corrected chi connectivity index (χ0v) is 8.54. The summed E-state index contributed by atoms with van der Waals surface area (Å²) >= 11 is 0. The maximum Gasteiger partial charge on any atom is 0.406 e. The van der Waals surface area contributed by atoms with Crippen molar-refractivity contribution in [3.05, 3.63) is 0 Å². The average molecular weight is 202 g/mol. The van der Waals surface area contributed by atoms with Gasteiger partial charge in [0, 0.05) is 13.1 Å². The van der Waals surface area contributed by atoms with Gasteiger partial charge < -0.3 is 15.4 Å². The Kier molecular flexibility index (Phi) is 8.94. The minimum absolute atomic E-state index is 0.382. The molecule has 0 spiro atoms. The zero-order chi connectivity index (χ0) is 10.6. The fourth-order valence-electron chi connectivity index (χ4n) is 1.03. The predicted octanol–water partition coefficient (Wildman–Crippen LogP) is 0.649. The summed E-state index contributed by atoms with van der Waals surface area (Å²) in [7, 11) is 1.35. The van der Waals surface area contributed by atoms with E-state index in [4.69, 9.17) is 0 Å². The van der Waals surface area contributed by atoms with Crippen LogP contribution in [0.1, 0.15) is 25.7 Å². The Morgan fingerprint density at radius 3 is 2.43 bits per heavy atom.